The van der Waals surface area contributed by atoms with Gasteiger partial charge in [0.05, 0.1) is 17.2 Å². The Balaban J connectivity index is 2.12. The maximum absolute atomic E-state index is 13.9. The largest absolute Gasteiger partial charge is 0.360 e. The van der Waals surface area contributed by atoms with Crippen LogP contribution in [0, 0.1) is 17.1 Å². The number of aromatic nitrogens is 1. The zero-order valence-electron chi connectivity index (χ0n) is 10.7. The van der Waals surface area contributed by atoms with Crippen molar-refractivity contribution in [2.45, 2.75) is 0 Å². The van der Waals surface area contributed by atoms with E-state index in [1.807, 2.05) is 6.07 Å². The van der Waals surface area contributed by atoms with Gasteiger partial charge in [-0.15, -0.1) is 0 Å². The number of benzene rings is 2. The van der Waals surface area contributed by atoms with Crippen LogP contribution in [-0.2, 0) is 0 Å². The lowest BCUT2D eigenvalue weighted by molar-refractivity contribution is 0.103. The number of ketones is 1. The molecule has 1 aromatic heterocycles. The second kappa shape index (κ2) is 5.04. The van der Waals surface area contributed by atoms with Crippen molar-refractivity contribution in [3.63, 3.8) is 0 Å². The molecule has 1 heterocycles. The SMILES string of the molecule is N#Cc1ccc2c(C(=O)c3ccc(Cl)cc3F)c[nH]c2c1. The molecule has 0 fully saturated rings. The third-order valence-electron chi connectivity index (χ3n) is 3.23. The number of H-pyrrole nitrogens is 1. The number of hydrogen-bond acceptors (Lipinski definition) is 2. The fourth-order valence-electron chi connectivity index (χ4n) is 2.20. The highest BCUT2D eigenvalue weighted by Crippen LogP contribution is 2.24. The molecule has 0 saturated carbocycles. The third-order valence-corrected chi connectivity index (χ3v) is 3.47. The van der Waals surface area contributed by atoms with Gasteiger partial charge in [-0.25, -0.2) is 4.39 Å². The fraction of sp³-hybridized carbons (Fsp3) is 0. The molecule has 0 radical (unpaired) electrons. The lowest BCUT2D eigenvalue weighted by atomic mass is 10.0. The highest BCUT2D eigenvalue weighted by Gasteiger charge is 2.18. The maximum Gasteiger partial charge on any atom is 0.198 e. The molecule has 2 aromatic carbocycles. The van der Waals surface area contributed by atoms with Gasteiger partial charge in [-0.3, -0.25) is 4.79 Å². The average molecular weight is 299 g/mol. The smallest absolute Gasteiger partial charge is 0.198 e. The Bertz CT molecular complexity index is 908. The Labute approximate surface area is 124 Å². The second-order valence-electron chi connectivity index (χ2n) is 4.53. The molecular formula is C16H8ClFN2O. The van der Waals surface area contributed by atoms with Gasteiger partial charge in [0.2, 0.25) is 0 Å². The zero-order valence-corrected chi connectivity index (χ0v) is 11.4. The summed E-state index contributed by atoms with van der Waals surface area (Å²) in [5.74, 6) is -1.09. The van der Waals surface area contributed by atoms with E-state index in [-0.39, 0.29) is 10.6 Å². The minimum Gasteiger partial charge on any atom is -0.360 e. The van der Waals surface area contributed by atoms with Crippen molar-refractivity contribution in [1.29, 1.82) is 5.26 Å². The predicted molar refractivity (Wildman–Crippen MR) is 77.9 cm³/mol. The summed E-state index contributed by atoms with van der Waals surface area (Å²) in [5, 5.41) is 9.74. The van der Waals surface area contributed by atoms with E-state index >= 15 is 0 Å². The van der Waals surface area contributed by atoms with E-state index in [0.29, 0.717) is 22.0 Å². The first kappa shape index (κ1) is 13.3. The monoisotopic (exact) mass is 298 g/mol. The summed E-state index contributed by atoms with van der Waals surface area (Å²) >= 11 is 5.69. The molecule has 0 aliphatic carbocycles. The Morgan fingerprint density at radius 2 is 2.00 bits per heavy atom. The molecule has 21 heavy (non-hydrogen) atoms. The van der Waals surface area contributed by atoms with Crippen molar-refractivity contribution in [2.24, 2.45) is 0 Å². The Kier molecular flexibility index (Phi) is 3.20. The topological polar surface area (TPSA) is 56.6 Å². The van der Waals surface area contributed by atoms with Crippen molar-refractivity contribution in [3.05, 3.63) is 70.1 Å². The zero-order chi connectivity index (χ0) is 15.0. The number of aromatic amines is 1. The number of rotatable bonds is 2. The van der Waals surface area contributed by atoms with Gasteiger partial charge in [0.25, 0.3) is 0 Å². The Hall–Kier alpha value is -2.64. The molecule has 0 aliphatic heterocycles. The molecule has 0 unspecified atom stereocenters. The number of halogens is 2. The van der Waals surface area contributed by atoms with Gasteiger partial charge in [0, 0.05) is 27.7 Å². The van der Waals surface area contributed by atoms with Gasteiger partial charge in [0.15, 0.2) is 5.78 Å². The van der Waals surface area contributed by atoms with Crippen molar-refractivity contribution < 1.29 is 9.18 Å². The van der Waals surface area contributed by atoms with E-state index in [9.17, 15) is 9.18 Å². The molecule has 0 spiro atoms. The van der Waals surface area contributed by atoms with Crippen LogP contribution in [0.2, 0.25) is 5.02 Å². The van der Waals surface area contributed by atoms with Gasteiger partial charge in [-0.1, -0.05) is 17.7 Å². The summed E-state index contributed by atoms with van der Waals surface area (Å²) in [6.45, 7) is 0. The number of carbonyl (C=O) groups is 1. The highest BCUT2D eigenvalue weighted by molar-refractivity contribution is 6.30. The number of carbonyl (C=O) groups excluding carboxylic acids is 1. The van der Waals surface area contributed by atoms with Crippen LogP contribution in [0.4, 0.5) is 4.39 Å². The van der Waals surface area contributed by atoms with Crippen LogP contribution < -0.4 is 0 Å². The van der Waals surface area contributed by atoms with Crippen molar-refractivity contribution in [3.8, 4) is 6.07 Å². The number of nitriles is 1. The van der Waals surface area contributed by atoms with Gasteiger partial charge in [-0.05, 0) is 30.3 Å². The predicted octanol–water partition coefficient (Wildman–Crippen LogP) is 4.06. The van der Waals surface area contributed by atoms with Gasteiger partial charge < -0.3 is 4.98 Å². The number of nitrogens with one attached hydrogen (secondary N) is 1. The Morgan fingerprint density at radius 1 is 1.19 bits per heavy atom. The first-order valence-electron chi connectivity index (χ1n) is 6.11. The molecule has 0 saturated heterocycles. The third kappa shape index (κ3) is 2.28. The number of nitrogens with zero attached hydrogens (tertiary/aromatic N) is 1. The van der Waals surface area contributed by atoms with Crippen LogP contribution in [0.3, 0.4) is 0 Å². The van der Waals surface area contributed by atoms with Crippen molar-refractivity contribution >= 4 is 28.3 Å². The molecule has 3 rings (SSSR count). The van der Waals surface area contributed by atoms with Gasteiger partial charge >= 0.3 is 0 Å². The van der Waals surface area contributed by atoms with E-state index in [4.69, 9.17) is 16.9 Å². The van der Waals surface area contributed by atoms with E-state index in [1.54, 1.807) is 18.2 Å². The summed E-state index contributed by atoms with van der Waals surface area (Å²) in [6.07, 6.45) is 1.52. The van der Waals surface area contributed by atoms with Crippen LogP contribution >= 0.6 is 11.6 Å². The van der Waals surface area contributed by atoms with Crippen LogP contribution in [0.15, 0.2) is 42.6 Å². The van der Waals surface area contributed by atoms with Crippen molar-refractivity contribution in [1.82, 2.24) is 4.98 Å². The number of fused-ring (bicyclic) bond motifs is 1. The van der Waals surface area contributed by atoms with Crippen molar-refractivity contribution in [2.75, 3.05) is 0 Å². The summed E-state index contributed by atoms with van der Waals surface area (Å²) < 4.78 is 13.9. The van der Waals surface area contributed by atoms with Gasteiger partial charge in [0.1, 0.15) is 5.82 Å². The fourth-order valence-corrected chi connectivity index (χ4v) is 2.36. The Morgan fingerprint density at radius 3 is 2.71 bits per heavy atom. The average Bonchev–Trinajstić information content (AvgIpc) is 2.89. The summed E-state index contributed by atoms with van der Waals surface area (Å²) in [7, 11) is 0. The van der Waals surface area contributed by atoms with E-state index in [0.717, 1.165) is 6.07 Å². The molecule has 5 heteroatoms. The summed E-state index contributed by atoms with van der Waals surface area (Å²) in [6, 6.07) is 10.9. The van der Waals surface area contributed by atoms with Gasteiger partial charge in [-0.2, -0.15) is 5.26 Å². The molecule has 102 valence electrons. The van der Waals surface area contributed by atoms with Crippen LogP contribution in [0.25, 0.3) is 10.9 Å². The summed E-state index contributed by atoms with van der Waals surface area (Å²) in [4.78, 5) is 15.4. The molecule has 0 atom stereocenters. The van der Waals surface area contributed by atoms with Crippen LogP contribution in [0.5, 0.6) is 0 Å². The van der Waals surface area contributed by atoms with E-state index in [2.05, 4.69) is 4.98 Å². The van der Waals surface area contributed by atoms with Crippen LogP contribution in [0.1, 0.15) is 21.5 Å². The van der Waals surface area contributed by atoms with Crippen LogP contribution in [-0.4, -0.2) is 10.8 Å². The first-order valence-corrected chi connectivity index (χ1v) is 6.49. The molecule has 1 N–H and O–H groups in total. The van der Waals surface area contributed by atoms with E-state index in [1.165, 1.54) is 18.3 Å². The second-order valence-corrected chi connectivity index (χ2v) is 4.96. The summed E-state index contributed by atoms with van der Waals surface area (Å²) in [5.41, 5.74) is 1.47. The molecule has 3 nitrogen and oxygen atoms in total. The van der Waals surface area contributed by atoms with E-state index < -0.39 is 11.6 Å². The molecule has 3 aromatic rings. The quantitative estimate of drug-likeness (QED) is 0.725. The minimum atomic E-state index is -0.657. The lowest BCUT2D eigenvalue weighted by Gasteiger charge is -2.02. The molecule has 0 bridgehead atoms. The highest BCUT2D eigenvalue weighted by atomic mass is 35.5. The molecule has 0 amide bonds. The number of hydrogen-bond donors (Lipinski definition) is 1. The lowest BCUT2D eigenvalue weighted by Crippen LogP contribution is -2.03. The normalized spacial score (nSPS) is 10.5. The molecular weight excluding hydrogens is 291 g/mol. The molecule has 0 aliphatic rings. The first-order chi connectivity index (χ1) is 10.1. The standard InChI is InChI=1S/C16H8ClFN2O/c17-10-2-4-12(14(18)6-10)16(21)13-8-20-15-5-9(7-19)1-3-11(13)15/h1-6,8,20H. The maximum atomic E-state index is 13.9. The minimum absolute atomic E-state index is 0.0374.